The number of aryl methyl sites for hydroxylation is 1. The summed E-state index contributed by atoms with van der Waals surface area (Å²) in [4.78, 5) is 0. The summed E-state index contributed by atoms with van der Waals surface area (Å²) in [6.45, 7) is 3.09. The smallest absolute Gasteiger partial charge is 0.152 e. The van der Waals surface area contributed by atoms with E-state index in [-0.39, 0.29) is 5.56 Å². The number of sulfone groups is 1. The predicted octanol–water partition coefficient (Wildman–Crippen LogP) is 1.60. The fraction of sp³-hybridized carbons (Fsp3) is 0.455. The first-order chi connectivity index (χ1) is 7.21. The van der Waals surface area contributed by atoms with Gasteiger partial charge in [0.05, 0.1) is 11.4 Å². The maximum Gasteiger partial charge on any atom is 0.152 e. The minimum Gasteiger partial charge on any atom is -0.387 e. The van der Waals surface area contributed by atoms with Crippen molar-refractivity contribution in [3.05, 3.63) is 35.1 Å². The zero-order chi connectivity index (χ0) is 12.5. The molecule has 2 unspecified atom stereocenters. The highest BCUT2D eigenvalue weighted by Gasteiger charge is 2.25. The van der Waals surface area contributed by atoms with Crippen LogP contribution in [-0.4, -0.2) is 25.0 Å². The molecule has 0 saturated carbocycles. The fourth-order valence-electron chi connectivity index (χ4n) is 1.44. The summed E-state index contributed by atoms with van der Waals surface area (Å²) in [5, 5.41) is 8.88. The first-order valence-electron chi connectivity index (χ1n) is 4.86. The number of hydrogen-bond acceptors (Lipinski definition) is 3. The number of aliphatic hydroxyl groups is 1. The first kappa shape index (κ1) is 13.1. The van der Waals surface area contributed by atoms with Gasteiger partial charge >= 0.3 is 0 Å². The molecule has 0 saturated heterocycles. The van der Waals surface area contributed by atoms with Gasteiger partial charge in [0.25, 0.3) is 0 Å². The van der Waals surface area contributed by atoms with E-state index in [0.717, 1.165) is 12.3 Å². The Morgan fingerprint density at radius 3 is 2.31 bits per heavy atom. The van der Waals surface area contributed by atoms with Crippen LogP contribution in [0.25, 0.3) is 0 Å². The molecule has 0 aliphatic rings. The Morgan fingerprint density at radius 1 is 1.31 bits per heavy atom. The lowest BCUT2D eigenvalue weighted by Crippen LogP contribution is -2.24. The molecule has 0 amide bonds. The second-order valence-electron chi connectivity index (χ2n) is 4.04. The van der Waals surface area contributed by atoms with Gasteiger partial charge in [-0.25, -0.2) is 12.8 Å². The Balaban J connectivity index is 3.10. The van der Waals surface area contributed by atoms with Crippen molar-refractivity contribution in [2.75, 3.05) is 6.26 Å². The summed E-state index contributed by atoms with van der Waals surface area (Å²) in [7, 11) is -3.35. The lowest BCUT2D eigenvalue weighted by molar-refractivity contribution is 0.175. The van der Waals surface area contributed by atoms with Crippen molar-refractivity contribution >= 4 is 9.84 Å². The molecule has 90 valence electrons. The van der Waals surface area contributed by atoms with Gasteiger partial charge in [0, 0.05) is 6.26 Å². The van der Waals surface area contributed by atoms with Crippen LogP contribution in [0, 0.1) is 12.7 Å². The van der Waals surface area contributed by atoms with Gasteiger partial charge in [0.1, 0.15) is 5.82 Å². The Bertz CT molecular complexity index is 462. The molecule has 0 aromatic heterocycles. The molecule has 0 aliphatic heterocycles. The van der Waals surface area contributed by atoms with E-state index in [1.54, 1.807) is 13.0 Å². The Kier molecular flexibility index (Phi) is 3.70. The third-order valence-corrected chi connectivity index (χ3v) is 4.13. The standard InChI is InChI=1S/C11H15FO3S/c1-7-4-9(6-10(12)5-7)11(13)8(2)16(3,14)15/h4-6,8,11,13H,1-3H3. The predicted molar refractivity (Wildman–Crippen MR) is 60.4 cm³/mol. The molecule has 1 aromatic rings. The van der Waals surface area contributed by atoms with Crippen LogP contribution in [0.4, 0.5) is 4.39 Å². The number of hydrogen-bond donors (Lipinski definition) is 1. The molecular formula is C11H15FO3S. The molecule has 0 radical (unpaired) electrons. The molecule has 16 heavy (non-hydrogen) atoms. The maximum atomic E-state index is 13.1. The van der Waals surface area contributed by atoms with Gasteiger partial charge in [-0.05, 0) is 37.1 Å². The van der Waals surface area contributed by atoms with Crippen molar-refractivity contribution in [1.29, 1.82) is 0 Å². The van der Waals surface area contributed by atoms with Crippen LogP contribution in [0.2, 0.25) is 0 Å². The molecule has 5 heteroatoms. The van der Waals surface area contributed by atoms with Crippen molar-refractivity contribution in [1.82, 2.24) is 0 Å². The second-order valence-corrected chi connectivity index (χ2v) is 6.44. The summed E-state index contributed by atoms with van der Waals surface area (Å²) in [5.74, 6) is -0.477. The van der Waals surface area contributed by atoms with E-state index in [4.69, 9.17) is 0 Å². The normalized spacial score (nSPS) is 15.8. The van der Waals surface area contributed by atoms with Crippen LogP contribution >= 0.6 is 0 Å². The van der Waals surface area contributed by atoms with Gasteiger partial charge in [-0.1, -0.05) is 6.07 Å². The first-order valence-corrected chi connectivity index (χ1v) is 6.81. The highest BCUT2D eigenvalue weighted by atomic mass is 32.2. The highest BCUT2D eigenvalue weighted by Crippen LogP contribution is 2.23. The molecule has 1 rings (SSSR count). The van der Waals surface area contributed by atoms with Crippen molar-refractivity contribution in [2.24, 2.45) is 0 Å². The molecule has 2 atom stereocenters. The number of benzene rings is 1. The second kappa shape index (κ2) is 4.51. The van der Waals surface area contributed by atoms with Gasteiger partial charge < -0.3 is 5.11 Å². The minimum atomic E-state index is -3.35. The highest BCUT2D eigenvalue weighted by molar-refractivity contribution is 7.91. The summed E-state index contributed by atoms with van der Waals surface area (Å²) in [6.07, 6.45) is -0.156. The van der Waals surface area contributed by atoms with Crippen molar-refractivity contribution in [3.63, 3.8) is 0 Å². The molecule has 0 spiro atoms. The van der Waals surface area contributed by atoms with E-state index in [1.165, 1.54) is 13.0 Å². The number of aliphatic hydroxyl groups excluding tert-OH is 1. The largest absolute Gasteiger partial charge is 0.387 e. The summed E-state index contributed by atoms with van der Waals surface area (Å²) in [6, 6.07) is 4.05. The van der Waals surface area contributed by atoms with Gasteiger partial charge in [-0.3, -0.25) is 0 Å². The van der Waals surface area contributed by atoms with E-state index < -0.39 is 27.0 Å². The Morgan fingerprint density at radius 2 is 1.88 bits per heavy atom. The topological polar surface area (TPSA) is 54.4 Å². The fourth-order valence-corrected chi connectivity index (χ4v) is 2.07. The van der Waals surface area contributed by atoms with Crippen LogP contribution in [-0.2, 0) is 9.84 Å². The SMILES string of the molecule is Cc1cc(F)cc(C(O)C(C)S(C)(=O)=O)c1. The van der Waals surface area contributed by atoms with Crippen molar-refractivity contribution in [2.45, 2.75) is 25.2 Å². The van der Waals surface area contributed by atoms with E-state index in [0.29, 0.717) is 5.56 Å². The summed E-state index contributed by atoms with van der Waals surface area (Å²) in [5.41, 5.74) is 0.935. The molecule has 0 heterocycles. The van der Waals surface area contributed by atoms with Crippen LogP contribution in [0.5, 0.6) is 0 Å². The third kappa shape index (κ3) is 3.02. The summed E-state index contributed by atoms with van der Waals surface area (Å²) < 4.78 is 35.6. The lowest BCUT2D eigenvalue weighted by atomic mass is 10.0. The van der Waals surface area contributed by atoms with E-state index in [1.807, 2.05) is 0 Å². The zero-order valence-corrected chi connectivity index (χ0v) is 10.3. The van der Waals surface area contributed by atoms with Gasteiger partial charge in [-0.2, -0.15) is 0 Å². The quantitative estimate of drug-likeness (QED) is 0.881. The van der Waals surface area contributed by atoms with Crippen LogP contribution in [0.1, 0.15) is 24.2 Å². The zero-order valence-electron chi connectivity index (χ0n) is 9.44. The molecule has 3 nitrogen and oxygen atoms in total. The molecule has 0 fully saturated rings. The van der Waals surface area contributed by atoms with E-state index in [2.05, 4.69) is 0 Å². The van der Waals surface area contributed by atoms with Gasteiger partial charge in [0.2, 0.25) is 0 Å². The maximum absolute atomic E-state index is 13.1. The molecule has 1 N–H and O–H groups in total. The average Bonchev–Trinajstić information content (AvgIpc) is 2.12. The lowest BCUT2D eigenvalue weighted by Gasteiger charge is -2.18. The Hall–Kier alpha value is -0.940. The minimum absolute atomic E-state index is 0.287. The molecule has 1 aromatic carbocycles. The number of rotatable bonds is 3. The van der Waals surface area contributed by atoms with Crippen LogP contribution in [0.3, 0.4) is 0 Å². The average molecular weight is 246 g/mol. The van der Waals surface area contributed by atoms with E-state index in [9.17, 15) is 17.9 Å². The van der Waals surface area contributed by atoms with Gasteiger partial charge in [0.15, 0.2) is 9.84 Å². The molecule has 0 bridgehead atoms. The van der Waals surface area contributed by atoms with Crippen LogP contribution in [0.15, 0.2) is 18.2 Å². The van der Waals surface area contributed by atoms with Crippen molar-refractivity contribution < 1.29 is 17.9 Å². The molecule has 0 aliphatic carbocycles. The molecular weight excluding hydrogens is 231 g/mol. The van der Waals surface area contributed by atoms with Crippen molar-refractivity contribution in [3.8, 4) is 0 Å². The Labute approximate surface area is 94.8 Å². The van der Waals surface area contributed by atoms with Gasteiger partial charge in [-0.15, -0.1) is 0 Å². The third-order valence-electron chi connectivity index (χ3n) is 2.53. The number of halogens is 1. The monoisotopic (exact) mass is 246 g/mol. The van der Waals surface area contributed by atoms with E-state index >= 15 is 0 Å². The van der Waals surface area contributed by atoms with Crippen LogP contribution < -0.4 is 0 Å². The summed E-state index contributed by atoms with van der Waals surface area (Å²) >= 11 is 0.